The Balaban J connectivity index is 0.000000239. The maximum atomic E-state index is 12.4. The van der Waals surface area contributed by atoms with Crippen molar-refractivity contribution in [1.82, 2.24) is 20.2 Å². The van der Waals surface area contributed by atoms with E-state index in [0.29, 0.717) is 44.4 Å². The van der Waals surface area contributed by atoms with Gasteiger partial charge in [0.2, 0.25) is 0 Å². The fourth-order valence-corrected chi connectivity index (χ4v) is 4.36. The lowest BCUT2D eigenvalue weighted by Gasteiger charge is -2.22. The monoisotopic (exact) mass is 632 g/mol. The molecule has 1 N–H and O–H groups in total. The number of aromatic nitrogens is 2. The molecule has 0 aliphatic heterocycles. The highest BCUT2D eigenvalue weighted by molar-refractivity contribution is 6.43. The van der Waals surface area contributed by atoms with Crippen LogP contribution >= 0.6 is 46.4 Å². The number of amides is 1. The summed E-state index contributed by atoms with van der Waals surface area (Å²) in [6, 6.07) is 22.0. The summed E-state index contributed by atoms with van der Waals surface area (Å²) in [5, 5.41) is 5.21. The number of pyridine rings is 2. The van der Waals surface area contributed by atoms with Gasteiger partial charge in [-0.3, -0.25) is 14.8 Å². The van der Waals surface area contributed by atoms with Gasteiger partial charge in [-0.1, -0.05) is 82.8 Å². The van der Waals surface area contributed by atoms with E-state index in [1.54, 1.807) is 55.7 Å². The zero-order chi connectivity index (χ0) is 29.6. The van der Waals surface area contributed by atoms with Crippen LogP contribution < -0.4 is 5.32 Å². The van der Waals surface area contributed by atoms with Gasteiger partial charge >= 0.3 is 11.9 Å². The molecule has 2 aromatic carbocycles. The fraction of sp³-hybridized carbons (Fsp3) is 0.200. The lowest BCUT2D eigenvalue weighted by atomic mass is 10.2. The van der Waals surface area contributed by atoms with E-state index in [-0.39, 0.29) is 19.7 Å². The van der Waals surface area contributed by atoms with E-state index >= 15 is 0 Å². The molecule has 0 saturated carbocycles. The van der Waals surface area contributed by atoms with E-state index in [1.807, 2.05) is 36.4 Å². The zero-order valence-corrected chi connectivity index (χ0v) is 25.2. The Morgan fingerprint density at radius 3 is 1.90 bits per heavy atom. The Morgan fingerprint density at radius 1 is 0.732 bits per heavy atom. The SMILES string of the molecule is CCOC(=O)C(=O)N(Cc1ccccn1)Cc1cccc(Cl)c1Cl.Clc1cccc(CNCc2ccccn2)c1Cl. The number of ether oxygens (including phenoxy) is 1. The van der Waals surface area contributed by atoms with Crippen molar-refractivity contribution < 1.29 is 14.3 Å². The van der Waals surface area contributed by atoms with Crippen molar-refractivity contribution in [2.24, 2.45) is 0 Å². The highest BCUT2D eigenvalue weighted by Crippen LogP contribution is 2.27. The molecule has 7 nitrogen and oxygen atoms in total. The third-order valence-corrected chi connectivity index (χ3v) is 7.30. The van der Waals surface area contributed by atoms with E-state index in [9.17, 15) is 9.59 Å². The van der Waals surface area contributed by atoms with Crippen molar-refractivity contribution in [3.63, 3.8) is 0 Å². The van der Waals surface area contributed by atoms with Crippen LogP contribution in [0.4, 0.5) is 0 Å². The highest BCUT2D eigenvalue weighted by atomic mass is 35.5. The van der Waals surface area contributed by atoms with Crippen molar-refractivity contribution in [3.05, 3.63) is 128 Å². The summed E-state index contributed by atoms with van der Waals surface area (Å²) in [5.41, 5.74) is 3.28. The van der Waals surface area contributed by atoms with Gasteiger partial charge in [-0.05, 0) is 54.4 Å². The van der Waals surface area contributed by atoms with Crippen molar-refractivity contribution in [2.45, 2.75) is 33.1 Å². The van der Waals surface area contributed by atoms with Gasteiger partial charge in [0.25, 0.3) is 0 Å². The maximum absolute atomic E-state index is 12.4. The molecule has 0 saturated heterocycles. The minimum atomic E-state index is -0.911. The maximum Gasteiger partial charge on any atom is 0.397 e. The fourth-order valence-electron chi connectivity index (χ4n) is 3.60. The Morgan fingerprint density at radius 2 is 1.32 bits per heavy atom. The van der Waals surface area contributed by atoms with Crippen LogP contribution in [0.2, 0.25) is 20.1 Å². The number of carbonyl (C=O) groups excluding carboxylic acids is 2. The average Bonchev–Trinajstić information content (AvgIpc) is 2.98. The first-order valence-corrected chi connectivity index (χ1v) is 14.1. The van der Waals surface area contributed by atoms with Crippen LogP contribution in [-0.4, -0.2) is 33.4 Å². The molecule has 214 valence electrons. The number of halogens is 4. The lowest BCUT2D eigenvalue weighted by molar-refractivity contribution is -0.160. The molecule has 41 heavy (non-hydrogen) atoms. The van der Waals surface area contributed by atoms with Gasteiger partial charge in [-0.2, -0.15) is 0 Å². The van der Waals surface area contributed by atoms with E-state index in [2.05, 4.69) is 15.3 Å². The highest BCUT2D eigenvalue weighted by Gasteiger charge is 2.25. The topological polar surface area (TPSA) is 84.4 Å². The number of nitrogens with zero attached hydrogens (tertiary/aromatic N) is 3. The quantitative estimate of drug-likeness (QED) is 0.156. The normalized spacial score (nSPS) is 10.4. The molecular weight excluding hydrogens is 606 g/mol. The first kappa shape index (κ1) is 32.3. The number of rotatable bonds is 9. The van der Waals surface area contributed by atoms with Crippen LogP contribution in [0.25, 0.3) is 0 Å². The van der Waals surface area contributed by atoms with Crippen LogP contribution in [0.1, 0.15) is 29.4 Å². The Bertz CT molecular complexity index is 1430. The van der Waals surface area contributed by atoms with Crippen molar-refractivity contribution >= 4 is 58.3 Å². The number of hydrogen-bond acceptors (Lipinski definition) is 6. The molecule has 4 rings (SSSR count). The molecule has 0 spiro atoms. The summed E-state index contributed by atoms with van der Waals surface area (Å²) in [7, 11) is 0. The van der Waals surface area contributed by atoms with Gasteiger partial charge in [0.15, 0.2) is 0 Å². The van der Waals surface area contributed by atoms with Gasteiger partial charge in [0.05, 0.1) is 44.6 Å². The average molecular weight is 634 g/mol. The molecule has 0 unspecified atom stereocenters. The molecular formula is C30H28Cl4N4O3. The Hall–Kier alpha value is -3.20. The second-order valence-corrected chi connectivity index (χ2v) is 10.1. The van der Waals surface area contributed by atoms with Crippen molar-refractivity contribution in [1.29, 1.82) is 0 Å². The molecule has 4 aromatic rings. The molecule has 2 aromatic heterocycles. The zero-order valence-electron chi connectivity index (χ0n) is 22.2. The first-order chi connectivity index (χ1) is 19.8. The summed E-state index contributed by atoms with van der Waals surface area (Å²) in [6.45, 7) is 3.43. The molecule has 2 heterocycles. The van der Waals surface area contributed by atoms with E-state index in [4.69, 9.17) is 51.1 Å². The third kappa shape index (κ3) is 10.3. The Labute approximate surface area is 259 Å². The van der Waals surface area contributed by atoms with Gasteiger partial charge < -0.3 is 15.0 Å². The van der Waals surface area contributed by atoms with Crippen LogP contribution in [0.3, 0.4) is 0 Å². The summed E-state index contributed by atoms with van der Waals surface area (Å²) in [6.07, 6.45) is 3.40. The number of hydrogen-bond donors (Lipinski definition) is 1. The molecule has 1 amide bonds. The largest absolute Gasteiger partial charge is 0.459 e. The third-order valence-electron chi connectivity index (χ3n) is 5.59. The number of esters is 1. The Kier molecular flexibility index (Phi) is 13.3. The molecule has 0 aliphatic rings. The van der Waals surface area contributed by atoms with Crippen molar-refractivity contribution in [2.75, 3.05) is 6.61 Å². The number of nitrogens with one attached hydrogen (secondary N) is 1. The molecule has 0 fully saturated rings. The number of carbonyl (C=O) groups is 2. The van der Waals surface area contributed by atoms with Crippen LogP contribution in [0.15, 0.2) is 85.2 Å². The standard InChI is InChI=1S/C17H16Cl2N2O3.C13H12Cl2N2/c1-2-24-17(23)16(22)21(11-13-7-3-4-9-20-13)10-12-6-5-8-14(18)15(12)19;14-12-6-3-4-10(13(12)15)8-16-9-11-5-1-2-7-17-11/h3-9H,2,10-11H2,1H3;1-7,16H,8-9H2. The lowest BCUT2D eigenvalue weighted by Crippen LogP contribution is -2.37. The predicted molar refractivity (Wildman–Crippen MR) is 163 cm³/mol. The van der Waals surface area contributed by atoms with Gasteiger partial charge in [0, 0.05) is 32.0 Å². The summed E-state index contributed by atoms with van der Waals surface area (Å²) in [5.74, 6) is -1.66. The van der Waals surface area contributed by atoms with Crippen LogP contribution in [-0.2, 0) is 40.5 Å². The predicted octanol–water partition coefficient (Wildman–Crippen LogP) is 7.16. The van der Waals surface area contributed by atoms with E-state index in [0.717, 1.165) is 11.3 Å². The molecule has 11 heteroatoms. The van der Waals surface area contributed by atoms with Crippen LogP contribution in [0.5, 0.6) is 0 Å². The van der Waals surface area contributed by atoms with Crippen LogP contribution in [0, 0.1) is 0 Å². The minimum absolute atomic E-state index is 0.119. The van der Waals surface area contributed by atoms with E-state index in [1.165, 1.54) is 4.90 Å². The van der Waals surface area contributed by atoms with Gasteiger partial charge in [-0.15, -0.1) is 0 Å². The second kappa shape index (κ2) is 16.9. The first-order valence-electron chi connectivity index (χ1n) is 12.6. The molecule has 0 aliphatic carbocycles. The minimum Gasteiger partial charge on any atom is -0.459 e. The number of benzene rings is 2. The second-order valence-electron chi connectivity index (χ2n) is 8.55. The molecule has 0 radical (unpaired) electrons. The van der Waals surface area contributed by atoms with Gasteiger partial charge in [0.1, 0.15) is 0 Å². The molecule has 0 atom stereocenters. The van der Waals surface area contributed by atoms with E-state index < -0.39 is 11.9 Å². The van der Waals surface area contributed by atoms with Crippen molar-refractivity contribution in [3.8, 4) is 0 Å². The summed E-state index contributed by atoms with van der Waals surface area (Å²) in [4.78, 5) is 34.0. The smallest absolute Gasteiger partial charge is 0.397 e. The summed E-state index contributed by atoms with van der Waals surface area (Å²) >= 11 is 24.2. The molecule has 0 bridgehead atoms. The van der Waals surface area contributed by atoms with Gasteiger partial charge in [-0.25, -0.2) is 4.79 Å². The summed E-state index contributed by atoms with van der Waals surface area (Å²) < 4.78 is 4.80.